The van der Waals surface area contributed by atoms with Gasteiger partial charge in [0.05, 0.1) is 17.1 Å². The summed E-state index contributed by atoms with van der Waals surface area (Å²) in [5, 5.41) is 3.56. The van der Waals surface area contributed by atoms with Gasteiger partial charge in [0, 0.05) is 19.7 Å². The molecule has 4 aliphatic rings. The van der Waals surface area contributed by atoms with Gasteiger partial charge in [-0.1, -0.05) is 0 Å². The molecule has 23 heavy (non-hydrogen) atoms. The van der Waals surface area contributed by atoms with Gasteiger partial charge in [-0.3, -0.25) is 0 Å². The van der Waals surface area contributed by atoms with Crippen molar-refractivity contribution in [3.63, 3.8) is 0 Å². The van der Waals surface area contributed by atoms with Crippen LogP contribution in [0.15, 0.2) is 12.1 Å². The molecular weight excluding hydrogens is 298 g/mol. The molecule has 1 aromatic rings. The molecule has 1 saturated heterocycles. The highest BCUT2D eigenvalue weighted by Gasteiger charge is 2.59. The highest BCUT2D eigenvalue weighted by molar-refractivity contribution is 5.94. The average molecular weight is 317 g/mol. The average Bonchev–Trinajstić information content (AvgIpc) is 3.17. The van der Waals surface area contributed by atoms with Crippen molar-refractivity contribution >= 4 is 5.97 Å². The number of ether oxygens (including phenoxy) is 4. The lowest BCUT2D eigenvalue weighted by atomic mass is 9.62. The molecule has 1 N–H and O–H groups in total. The Morgan fingerprint density at radius 1 is 1.30 bits per heavy atom. The number of carbonyl (C=O) groups is 1. The monoisotopic (exact) mass is 317 g/mol. The standard InChI is InChI=1S/C17H19NO5/c1-20-9-2-3-17-11-6-13-12(21-8-22-13)5-10(11)16(19)23-15(17)7-18-14(17)4-9/h5-6,9,14-15,18H,2-4,7-8H2,1H3/t9-,14+,15+,17+/m1/s1. The number of carbonyl (C=O) groups excluding carboxylic acids is 1. The van der Waals surface area contributed by atoms with Crippen molar-refractivity contribution in [3.05, 3.63) is 23.3 Å². The van der Waals surface area contributed by atoms with Crippen LogP contribution in [-0.2, 0) is 14.9 Å². The van der Waals surface area contributed by atoms with Crippen LogP contribution in [0.3, 0.4) is 0 Å². The minimum Gasteiger partial charge on any atom is -0.456 e. The summed E-state index contributed by atoms with van der Waals surface area (Å²) in [7, 11) is 1.77. The van der Waals surface area contributed by atoms with Gasteiger partial charge >= 0.3 is 5.97 Å². The minimum absolute atomic E-state index is 0.120. The van der Waals surface area contributed by atoms with E-state index in [9.17, 15) is 4.79 Å². The SMILES string of the molecule is CO[C@@H]1CC[C@@]23c4cc5c(cc4C(=O)O[C@H]2CN[C@H]3C1)OCO5. The molecule has 4 atom stereocenters. The third-order valence-corrected chi connectivity index (χ3v) is 5.94. The molecule has 5 rings (SSSR count). The maximum Gasteiger partial charge on any atom is 0.338 e. The van der Waals surface area contributed by atoms with Crippen LogP contribution in [0.2, 0.25) is 0 Å². The molecular formula is C17H19NO5. The maximum absolute atomic E-state index is 12.4. The zero-order valence-corrected chi connectivity index (χ0v) is 13.0. The quantitative estimate of drug-likeness (QED) is 0.789. The number of hydrogen-bond acceptors (Lipinski definition) is 6. The van der Waals surface area contributed by atoms with Crippen molar-refractivity contribution in [1.29, 1.82) is 0 Å². The van der Waals surface area contributed by atoms with E-state index in [1.165, 1.54) is 0 Å². The molecule has 122 valence electrons. The van der Waals surface area contributed by atoms with E-state index in [1.807, 2.05) is 6.07 Å². The summed E-state index contributed by atoms with van der Waals surface area (Å²) < 4.78 is 22.3. The minimum atomic E-state index is -0.259. The molecule has 0 unspecified atom stereocenters. The van der Waals surface area contributed by atoms with E-state index in [4.69, 9.17) is 18.9 Å². The van der Waals surface area contributed by atoms with Crippen molar-refractivity contribution < 1.29 is 23.7 Å². The predicted molar refractivity (Wildman–Crippen MR) is 79.9 cm³/mol. The van der Waals surface area contributed by atoms with E-state index < -0.39 is 0 Å². The second-order valence-corrected chi connectivity index (χ2v) is 6.78. The molecule has 2 fully saturated rings. The van der Waals surface area contributed by atoms with Gasteiger partial charge < -0.3 is 24.3 Å². The number of fused-ring (bicyclic) bond motifs is 2. The number of rotatable bonds is 1. The van der Waals surface area contributed by atoms with Gasteiger partial charge in [0.15, 0.2) is 11.5 Å². The summed E-state index contributed by atoms with van der Waals surface area (Å²) in [6, 6.07) is 4.03. The van der Waals surface area contributed by atoms with Crippen LogP contribution < -0.4 is 14.8 Å². The summed E-state index contributed by atoms with van der Waals surface area (Å²) in [5.41, 5.74) is 1.49. The molecule has 3 heterocycles. The van der Waals surface area contributed by atoms with Crippen LogP contribution in [0.5, 0.6) is 11.5 Å². The summed E-state index contributed by atoms with van der Waals surface area (Å²) in [5.74, 6) is 1.10. The Balaban J connectivity index is 1.67. The van der Waals surface area contributed by atoms with E-state index in [-0.39, 0.29) is 36.4 Å². The lowest BCUT2D eigenvalue weighted by Gasteiger charge is -2.47. The zero-order valence-electron chi connectivity index (χ0n) is 13.0. The van der Waals surface area contributed by atoms with E-state index in [1.54, 1.807) is 13.2 Å². The summed E-state index contributed by atoms with van der Waals surface area (Å²) in [4.78, 5) is 12.4. The third-order valence-electron chi connectivity index (χ3n) is 5.94. The van der Waals surface area contributed by atoms with Crippen LogP contribution in [0.25, 0.3) is 0 Å². The number of methoxy groups -OCH3 is 1. The van der Waals surface area contributed by atoms with Gasteiger partial charge in [0.25, 0.3) is 0 Å². The number of esters is 1. The Morgan fingerprint density at radius 3 is 2.96 bits per heavy atom. The van der Waals surface area contributed by atoms with Crippen molar-refractivity contribution in [2.75, 3.05) is 20.4 Å². The Labute approximate surface area is 134 Å². The van der Waals surface area contributed by atoms with E-state index in [2.05, 4.69) is 5.32 Å². The second-order valence-electron chi connectivity index (χ2n) is 6.78. The van der Waals surface area contributed by atoms with Gasteiger partial charge in [-0.2, -0.15) is 0 Å². The molecule has 1 spiro atoms. The van der Waals surface area contributed by atoms with Crippen LogP contribution in [0.4, 0.5) is 0 Å². The highest BCUT2D eigenvalue weighted by atomic mass is 16.7. The lowest BCUT2D eigenvalue weighted by molar-refractivity contribution is -0.0174. The van der Waals surface area contributed by atoms with Gasteiger partial charge in [0.1, 0.15) is 6.10 Å². The van der Waals surface area contributed by atoms with E-state index in [0.29, 0.717) is 17.9 Å². The molecule has 1 aliphatic carbocycles. The lowest BCUT2D eigenvalue weighted by Crippen LogP contribution is -2.54. The van der Waals surface area contributed by atoms with Gasteiger partial charge in [-0.15, -0.1) is 0 Å². The van der Waals surface area contributed by atoms with Crippen molar-refractivity contribution in [3.8, 4) is 11.5 Å². The fourth-order valence-electron chi connectivity index (χ4n) is 4.79. The van der Waals surface area contributed by atoms with Crippen molar-refractivity contribution in [1.82, 2.24) is 5.32 Å². The highest BCUT2D eigenvalue weighted by Crippen LogP contribution is 2.52. The van der Waals surface area contributed by atoms with Gasteiger partial charge in [0.2, 0.25) is 6.79 Å². The number of hydrogen-bond donors (Lipinski definition) is 1. The molecule has 0 radical (unpaired) electrons. The predicted octanol–water partition coefficient (Wildman–Crippen LogP) is 1.36. The topological polar surface area (TPSA) is 66.0 Å². The zero-order chi connectivity index (χ0) is 15.6. The molecule has 0 bridgehead atoms. The Kier molecular flexibility index (Phi) is 2.73. The van der Waals surface area contributed by atoms with Crippen molar-refractivity contribution in [2.45, 2.75) is 42.9 Å². The van der Waals surface area contributed by atoms with Crippen LogP contribution in [0, 0.1) is 0 Å². The van der Waals surface area contributed by atoms with Gasteiger partial charge in [-0.05, 0) is 37.0 Å². The summed E-state index contributed by atoms with van der Waals surface area (Å²) in [6.45, 7) is 0.901. The first-order valence-electron chi connectivity index (χ1n) is 8.13. The fraction of sp³-hybridized carbons (Fsp3) is 0.588. The molecule has 1 saturated carbocycles. The first-order valence-corrected chi connectivity index (χ1v) is 8.13. The molecule has 1 aromatic carbocycles. The first kappa shape index (κ1) is 13.6. The molecule has 6 nitrogen and oxygen atoms in total. The van der Waals surface area contributed by atoms with Crippen LogP contribution in [0.1, 0.15) is 35.2 Å². The van der Waals surface area contributed by atoms with E-state index >= 15 is 0 Å². The van der Waals surface area contributed by atoms with E-state index in [0.717, 1.165) is 30.6 Å². The number of benzene rings is 1. The second kappa shape index (κ2) is 4.61. The molecule has 3 aliphatic heterocycles. The molecule has 0 aromatic heterocycles. The molecule has 6 heteroatoms. The number of nitrogens with one attached hydrogen (secondary N) is 1. The maximum atomic E-state index is 12.4. The largest absolute Gasteiger partial charge is 0.456 e. The van der Waals surface area contributed by atoms with Crippen molar-refractivity contribution in [2.24, 2.45) is 0 Å². The Morgan fingerprint density at radius 2 is 2.13 bits per heavy atom. The third kappa shape index (κ3) is 1.68. The molecule has 0 amide bonds. The summed E-state index contributed by atoms with van der Waals surface area (Å²) >= 11 is 0. The summed E-state index contributed by atoms with van der Waals surface area (Å²) in [6.07, 6.45) is 2.97. The van der Waals surface area contributed by atoms with Crippen LogP contribution >= 0.6 is 0 Å². The Bertz CT molecular complexity index is 690. The Hall–Kier alpha value is -1.79. The first-order chi connectivity index (χ1) is 11.2. The smallest absolute Gasteiger partial charge is 0.338 e. The fourth-order valence-corrected chi connectivity index (χ4v) is 4.79. The normalized spacial score (nSPS) is 36.9. The van der Waals surface area contributed by atoms with Crippen LogP contribution in [-0.4, -0.2) is 44.7 Å². The van der Waals surface area contributed by atoms with Gasteiger partial charge in [-0.25, -0.2) is 4.79 Å².